The summed E-state index contributed by atoms with van der Waals surface area (Å²) >= 11 is 0. The molecule has 2 rings (SSSR count). The SMILES string of the molecule is O=C(NCC1CCS(=O)(=O)C1)C1CCNC1. The van der Waals surface area contributed by atoms with Gasteiger partial charge in [-0.25, -0.2) is 8.42 Å². The van der Waals surface area contributed by atoms with Gasteiger partial charge in [-0.3, -0.25) is 4.79 Å². The Morgan fingerprint density at radius 2 is 2.19 bits per heavy atom. The first kappa shape index (κ1) is 11.9. The second-order valence-corrected chi connectivity index (χ2v) is 6.93. The monoisotopic (exact) mass is 246 g/mol. The number of rotatable bonds is 3. The van der Waals surface area contributed by atoms with E-state index >= 15 is 0 Å². The van der Waals surface area contributed by atoms with E-state index < -0.39 is 9.84 Å². The predicted molar refractivity (Wildman–Crippen MR) is 60.7 cm³/mol. The molecule has 2 unspecified atom stereocenters. The Kier molecular flexibility index (Phi) is 3.49. The number of carbonyl (C=O) groups is 1. The maximum atomic E-state index is 11.7. The van der Waals surface area contributed by atoms with Crippen molar-refractivity contribution in [1.82, 2.24) is 10.6 Å². The molecular weight excluding hydrogens is 228 g/mol. The van der Waals surface area contributed by atoms with E-state index in [0.29, 0.717) is 13.0 Å². The third-order valence-corrected chi connectivity index (χ3v) is 5.16. The number of nitrogens with one attached hydrogen (secondary N) is 2. The molecule has 2 atom stereocenters. The fraction of sp³-hybridized carbons (Fsp3) is 0.900. The summed E-state index contributed by atoms with van der Waals surface area (Å²) in [6.45, 7) is 2.15. The number of sulfone groups is 1. The maximum absolute atomic E-state index is 11.7. The van der Waals surface area contributed by atoms with E-state index in [-0.39, 0.29) is 29.2 Å². The van der Waals surface area contributed by atoms with Crippen molar-refractivity contribution in [3.8, 4) is 0 Å². The molecule has 16 heavy (non-hydrogen) atoms. The number of amides is 1. The molecule has 0 aliphatic carbocycles. The molecule has 1 amide bonds. The third-order valence-electron chi connectivity index (χ3n) is 3.32. The van der Waals surface area contributed by atoms with Crippen LogP contribution in [0.5, 0.6) is 0 Å². The summed E-state index contributed by atoms with van der Waals surface area (Å²) in [5.41, 5.74) is 0. The van der Waals surface area contributed by atoms with E-state index in [0.717, 1.165) is 19.5 Å². The summed E-state index contributed by atoms with van der Waals surface area (Å²) in [6, 6.07) is 0. The molecule has 0 radical (unpaired) electrons. The Labute approximate surface area is 95.9 Å². The second kappa shape index (κ2) is 4.71. The van der Waals surface area contributed by atoms with Crippen LogP contribution in [0, 0.1) is 11.8 Å². The van der Waals surface area contributed by atoms with Gasteiger partial charge in [0.15, 0.2) is 9.84 Å². The van der Waals surface area contributed by atoms with Crippen LogP contribution in [-0.4, -0.2) is 45.5 Å². The van der Waals surface area contributed by atoms with Crippen LogP contribution in [0.2, 0.25) is 0 Å². The lowest BCUT2D eigenvalue weighted by Crippen LogP contribution is -2.35. The van der Waals surface area contributed by atoms with Crippen molar-refractivity contribution in [2.24, 2.45) is 11.8 Å². The molecule has 0 aromatic carbocycles. The molecule has 0 aromatic heterocycles. The molecule has 5 nitrogen and oxygen atoms in total. The van der Waals surface area contributed by atoms with Gasteiger partial charge in [0.1, 0.15) is 0 Å². The highest BCUT2D eigenvalue weighted by atomic mass is 32.2. The first-order chi connectivity index (χ1) is 7.57. The molecule has 2 fully saturated rings. The average molecular weight is 246 g/mol. The Morgan fingerprint density at radius 1 is 1.38 bits per heavy atom. The van der Waals surface area contributed by atoms with Gasteiger partial charge in [-0.2, -0.15) is 0 Å². The second-order valence-electron chi connectivity index (χ2n) is 4.70. The number of carbonyl (C=O) groups excluding carboxylic acids is 1. The topological polar surface area (TPSA) is 75.3 Å². The minimum Gasteiger partial charge on any atom is -0.356 e. The fourth-order valence-corrected chi connectivity index (χ4v) is 4.16. The molecule has 2 aliphatic rings. The molecule has 0 saturated carbocycles. The zero-order valence-corrected chi connectivity index (χ0v) is 10.1. The molecular formula is C10H18N2O3S. The van der Waals surface area contributed by atoms with Crippen molar-refractivity contribution >= 4 is 15.7 Å². The maximum Gasteiger partial charge on any atom is 0.224 e. The van der Waals surface area contributed by atoms with E-state index in [9.17, 15) is 13.2 Å². The molecule has 2 N–H and O–H groups in total. The van der Waals surface area contributed by atoms with E-state index in [1.165, 1.54) is 0 Å². The third kappa shape index (κ3) is 2.95. The van der Waals surface area contributed by atoms with Gasteiger partial charge in [0.2, 0.25) is 5.91 Å². The van der Waals surface area contributed by atoms with Crippen LogP contribution in [-0.2, 0) is 14.6 Å². The Bertz CT molecular complexity index is 360. The smallest absolute Gasteiger partial charge is 0.224 e. The normalized spacial score (nSPS) is 32.8. The van der Waals surface area contributed by atoms with Gasteiger partial charge in [-0.15, -0.1) is 0 Å². The highest BCUT2D eigenvalue weighted by Gasteiger charge is 2.29. The summed E-state index contributed by atoms with van der Waals surface area (Å²) in [7, 11) is -2.83. The molecule has 0 aromatic rings. The van der Waals surface area contributed by atoms with Crippen molar-refractivity contribution in [2.45, 2.75) is 12.8 Å². The van der Waals surface area contributed by atoms with Crippen LogP contribution < -0.4 is 10.6 Å². The molecule has 0 bridgehead atoms. The van der Waals surface area contributed by atoms with Crippen molar-refractivity contribution in [3.05, 3.63) is 0 Å². The average Bonchev–Trinajstić information content (AvgIpc) is 2.83. The molecule has 0 spiro atoms. The van der Waals surface area contributed by atoms with E-state index in [4.69, 9.17) is 0 Å². The van der Waals surface area contributed by atoms with Gasteiger partial charge < -0.3 is 10.6 Å². The van der Waals surface area contributed by atoms with Crippen LogP contribution in [0.25, 0.3) is 0 Å². The fourth-order valence-electron chi connectivity index (χ4n) is 2.30. The van der Waals surface area contributed by atoms with Gasteiger partial charge in [-0.1, -0.05) is 0 Å². The molecule has 6 heteroatoms. The predicted octanol–water partition coefficient (Wildman–Crippen LogP) is -0.853. The molecule has 2 saturated heterocycles. The lowest BCUT2D eigenvalue weighted by atomic mass is 10.1. The van der Waals surface area contributed by atoms with E-state index in [1.807, 2.05) is 0 Å². The van der Waals surface area contributed by atoms with Gasteiger partial charge in [0, 0.05) is 13.1 Å². The van der Waals surface area contributed by atoms with Gasteiger partial charge in [0.25, 0.3) is 0 Å². The van der Waals surface area contributed by atoms with Crippen LogP contribution in [0.1, 0.15) is 12.8 Å². The minimum absolute atomic E-state index is 0.0642. The Hall–Kier alpha value is -0.620. The summed E-state index contributed by atoms with van der Waals surface area (Å²) in [4.78, 5) is 11.7. The first-order valence-electron chi connectivity index (χ1n) is 5.76. The largest absolute Gasteiger partial charge is 0.356 e. The molecule has 92 valence electrons. The van der Waals surface area contributed by atoms with Crippen molar-refractivity contribution in [1.29, 1.82) is 0 Å². The van der Waals surface area contributed by atoms with Crippen LogP contribution >= 0.6 is 0 Å². The molecule has 2 aliphatic heterocycles. The highest BCUT2D eigenvalue weighted by molar-refractivity contribution is 7.91. The van der Waals surface area contributed by atoms with E-state index in [2.05, 4.69) is 10.6 Å². The van der Waals surface area contributed by atoms with E-state index in [1.54, 1.807) is 0 Å². The van der Waals surface area contributed by atoms with Crippen molar-refractivity contribution in [3.63, 3.8) is 0 Å². The highest BCUT2D eigenvalue weighted by Crippen LogP contribution is 2.17. The summed E-state index contributed by atoms with van der Waals surface area (Å²) < 4.78 is 22.4. The summed E-state index contributed by atoms with van der Waals surface area (Å²) in [5, 5.41) is 6.00. The summed E-state index contributed by atoms with van der Waals surface area (Å²) in [5.74, 6) is 0.755. The Morgan fingerprint density at radius 3 is 2.75 bits per heavy atom. The zero-order chi connectivity index (χ0) is 11.6. The zero-order valence-electron chi connectivity index (χ0n) is 9.24. The first-order valence-corrected chi connectivity index (χ1v) is 7.58. The van der Waals surface area contributed by atoms with Crippen molar-refractivity contribution in [2.75, 3.05) is 31.1 Å². The van der Waals surface area contributed by atoms with Crippen LogP contribution in [0.4, 0.5) is 0 Å². The van der Waals surface area contributed by atoms with Crippen molar-refractivity contribution < 1.29 is 13.2 Å². The van der Waals surface area contributed by atoms with Gasteiger partial charge in [-0.05, 0) is 25.3 Å². The van der Waals surface area contributed by atoms with Crippen LogP contribution in [0.15, 0.2) is 0 Å². The lowest BCUT2D eigenvalue weighted by Gasteiger charge is -2.12. The minimum atomic E-state index is -2.83. The number of hydrogen-bond donors (Lipinski definition) is 2. The van der Waals surface area contributed by atoms with Gasteiger partial charge in [0.05, 0.1) is 17.4 Å². The molecule has 2 heterocycles. The summed E-state index contributed by atoms with van der Waals surface area (Å²) in [6.07, 6.45) is 1.57. The van der Waals surface area contributed by atoms with Crippen LogP contribution in [0.3, 0.4) is 0 Å². The van der Waals surface area contributed by atoms with Gasteiger partial charge >= 0.3 is 0 Å². The number of hydrogen-bond acceptors (Lipinski definition) is 4. The Balaban J connectivity index is 1.73. The lowest BCUT2D eigenvalue weighted by molar-refractivity contribution is -0.124. The quantitative estimate of drug-likeness (QED) is 0.680. The standard InChI is InChI=1S/C10H18N2O3S/c13-10(9-1-3-11-6-9)12-5-8-2-4-16(14,15)7-8/h8-9,11H,1-7H2,(H,12,13).